The molecular formula is C14H15N3O3. The first-order chi connectivity index (χ1) is 9.58. The van der Waals surface area contributed by atoms with Crippen LogP contribution in [0.2, 0.25) is 0 Å². The summed E-state index contributed by atoms with van der Waals surface area (Å²) in [6, 6.07) is 7.48. The van der Waals surface area contributed by atoms with Crippen molar-refractivity contribution in [2.75, 3.05) is 6.54 Å². The summed E-state index contributed by atoms with van der Waals surface area (Å²) in [5, 5.41) is 22.1. The van der Waals surface area contributed by atoms with Gasteiger partial charge < -0.3 is 5.32 Å². The van der Waals surface area contributed by atoms with E-state index < -0.39 is 10.8 Å². The second kappa shape index (κ2) is 7.69. The fourth-order valence-electron chi connectivity index (χ4n) is 1.48. The quantitative estimate of drug-likeness (QED) is 0.283. The summed E-state index contributed by atoms with van der Waals surface area (Å²) in [5.74, 6) is -0.431. The lowest BCUT2D eigenvalue weighted by Crippen LogP contribution is -2.25. The summed E-state index contributed by atoms with van der Waals surface area (Å²) in [4.78, 5) is 21.7. The fourth-order valence-corrected chi connectivity index (χ4v) is 1.48. The molecule has 104 valence electrons. The van der Waals surface area contributed by atoms with E-state index >= 15 is 0 Å². The molecule has 0 aromatic heterocycles. The zero-order valence-corrected chi connectivity index (χ0v) is 11.1. The first kappa shape index (κ1) is 15.4. The van der Waals surface area contributed by atoms with E-state index in [1.807, 2.05) is 13.0 Å². The summed E-state index contributed by atoms with van der Waals surface area (Å²) in [6.45, 7) is 2.53. The highest BCUT2D eigenvalue weighted by molar-refractivity contribution is 6.01. The molecular weight excluding hydrogens is 258 g/mol. The Labute approximate surface area is 116 Å². The number of carbonyl (C=O) groups excluding carboxylic acids is 1. The van der Waals surface area contributed by atoms with E-state index in [-0.39, 0.29) is 11.3 Å². The molecule has 0 radical (unpaired) electrons. The van der Waals surface area contributed by atoms with Crippen molar-refractivity contribution in [1.29, 1.82) is 5.26 Å². The Kier molecular flexibility index (Phi) is 5.91. The number of benzene rings is 1. The number of hydrogen-bond donors (Lipinski definition) is 1. The lowest BCUT2D eigenvalue weighted by Gasteiger charge is -2.02. The van der Waals surface area contributed by atoms with Crippen LogP contribution in [0, 0.1) is 21.4 Å². The van der Waals surface area contributed by atoms with Crippen LogP contribution >= 0.6 is 0 Å². The van der Waals surface area contributed by atoms with Gasteiger partial charge in [0.1, 0.15) is 11.6 Å². The Morgan fingerprint density at radius 2 is 2.10 bits per heavy atom. The maximum atomic E-state index is 11.7. The monoisotopic (exact) mass is 273 g/mol. The molecule has 0 atom stereocenters. The summed E-state index contributed by atoms with van der Waals surface area (Å²) < 4.78 is 0. The topological polar surface area (TPSA) is 96.0 Å². The van der Waals surface area contributed by atoms with Crippen LogP contribution in [0.5, 0.6) is 0 Å². The summed E-state index contributed by atoms with van der Waals surface area (Å²) in [7, 11) is 0. The number of non-ortho nitro benzene ring substituents is 1. The zero-order valence-electron chi connectivity index (χ0n) is 11.1. The Morgan fingerprint density at radius 3 is 2.60 bits per heavy atom. The van der Waals surface area contributed by atoms with Gasteiger partial charge in [-0.05, 0) is 30.2 Å². The van der Waals surface area contributed by atoms with Gasteiger partial charge in [-0.3, -0.25) is 14.9 Å². The molecule has 1 N–H and O–H groups in total. The summed E-state index contributed by atoms with van der Waals surface area (Å²) in [5.41, 5.74) is 0.515. The minimum atomic E-state index is -0.504. The van der Waals surface area contributed by atoms with Gasteiger partial charge in [0, 0.05) is 18.7 Å². The number of hydrogen-bond acceptors (Lipinski definition) is 4. The van der Waals surface area contributed by atoms with Crippen LogP contribution in [0.4, 0.5) is 5.69 Å². The van der Waals surface area contributed by atoms with E-state index in [2.05, 4.69) is 5.32 Å². The van der Waals surface area contributed by atoms with Crippen LogP contribution in [-0.4, -0.2) is 17.4 Å². The molecule has 1 aromatic rings. The zero-order chi connectivity index (χ0) is 15.0. The molecule has 0 unspecified atom stereocenters. The maximum absolute atomic E-state index is 11.7. The largest absolute Gasteiger partial charge is 0.351 e. The Bertz CT molecular complexity index is 556. The predicted molar refractivity (Wildman–Crippen MR) is 74.6 cm³/mol. The van der Waals surface area contributed by atoms with Gasteiger partial charge in [0.25, 0.3) is 11.6 Å². The van der Waals surface area contributed by atoms with Crippen LogP contribution < -0.4 is 5.32 Å². The molecule has 0 heterocycles. The molecule has 6 nitrogen and oxygen atoms in total. The smallest absolute Gasteiger partial charge is 0.269 e. The fraction of sp³-hybridized carbons (Fsp3) is 0.286. The van der Waals surface area contributed by atoms with Crippen molar-refractivity contribution in [3.8, 4) is 6.07 Å². The predicted octanol–water partition coefficient (Wildman–Crippen LogP) is 2.42. The molecule has 0 fully saturated rings. The van der Waals surface area contributed by atoms with Gasteiger partial charge in [0.2, 0.25) is 0 Å². The molecule has 20 heavy (non-hydrogen) atoms. The standard InChI is InChI=1S/C14H15N3O3/c1-2-3-8-16-14(18)12(10-15)9-11-4-6-13(7-5-11)17(19)20/h4-7,9H,2-3,8H2,1H3,(H,16,18)/b12-9-. The van der Waals surface area contributed by atoms with Gasteiger partial charge in [0.15, 0.2) is 0 Å². The summed E-state index contributed by atoms with van der Waals surface area (Å²) >= 11 is 0. The molecule has 6 heteroatoms. The highest BCUT2D eigenvalue weighted by Gasteiger charge is 2.09. The lowest BCUT2D eigenvalue weighted by molar-refractivity contribution is -0.384. The van der Waals surface area contributed by atoms with Gasteiger partial charge >= 0.3 is 0 Å². The number of nitro groups is 1. The van der Waals surface area contributed by atoms with Crippen LogP contribution in [0.1, 0.15) is 25.3 Å². The van der Waals surface area contributed by atoms with Crippen molar-refractivity contribution >= 4 is 17.7 Å². The van der Waals surface area contributed by atoms with Crippen LogP contribution in [0.25, 0.3) is 6.08 Å². The van der Waals surface area contributed by atoms with Gasteiger partial charge in [0.05, 0.1) is 4.92 Å². The molecule has 0 bridgehead atoms. The number of nitro benzene ring substituents is 1. The van der Waals surface area contributed by atoms with Crippen molar-refractivity contribution in [2.45, 2.75) is 19.8 Å². The van der Waals surface area contributed by atoms with E-state index in [1.165, 1.54) is 30.3 Å². The molecule has 0 aliphatic carbocycles. The molecule has 1 aromatic carbocycles. The van der Waals surface area contributed by atoms with Gasteiger partial charge in [-0.1, -0.05) is 13.3 Å². The number of unbranched alkanes of at least 4 members (excludes halogenated alkanes) is 1. The first-order valence-electron chi connectivity index (χ1n) is 6.23. The minimum Gasteiger partial charge on any atom is -0.351 e. The Hall–Kier alpha value is -2.68. The molecule has 1 rings (SSSR count). The normalized spacial score (nSPS) is 10.7. The molecule has 0 spiro atoms. The number of rotatable bonds is 6. The molecule has 0 aliphatic rings. The van der Waals surface area contributed by atoms with Crippen LogP contribution in [0.15, 0.2) is 29.8 Å². The molecule has 0 saturated carbocycles. The highest BCUT2D eigenvalue weighted by atomic mass is 16.6. The SMILES string of the molecule is CCCCNC(=O)/C(C#N)=C\c1ccc([N+](=O)[O-])cc1. The van der Waals surface area contributed by atoms with Crippen molar-refractivity contribution < 1.29 is 9.72 Å². The third-order valence-corrected chi connectivity index (χ3v) is 2.60. The molecule has 1 amide bonds. The Balaban J connectivity index is 2.81. The maximum Gasteiger partial charge on any atom is 0.269 e. The minimum absolute atomic E-state index is 0.0186. The van der Waals surface area contributed by atoms with Crippen molar-refractivity contribution in [3.05, 3.63) is 45.5 Å². The highest BCUT2D eigenvalue weighted by Crippen LogP contribution is 2.14. The van der Waals surface area contributed by atoms with Gasteiger partial charge in [-0.2, -0.15) is 5.26 Å². The molecule has 0 aliphatic heterocycles. The van der Waals surface area contributed by atoms with Gasteiger partial charge in [-0.25, -0.2) is 0 Å². The van der Waals surface area contributed by atoms with E-state index in [9.17, 15) is 14.9 Å². The lowest BCUT2D eigenvalue weighted by atomic mass is 10.1. The average molecular weight is 273 g/mol. The third kappa shape index (κ3) is 4.53. The van der Waals surface area contributed by atoms with Crippen LogP contribution in [0.3, 0.4) is 0 Å². The average Bonchev–Trinajstić information content (AvgIpc) is 2.45. The van der Waals surface area contributed by atoms with Gasteiger partial charge in [-0.15, -0.1) is 0 Å². The second-order valence-corrected chi connectivity index (χ2v) is 4.13. The number of nitrogens with zero attached hydrogens (tertiary/aromatic N) is 2. The number of carbonyl (C=O) groups is 1. The van der Waals surface area contributed by atoms with E-state index in [4.69, 9.17) is 5.26 Å². The second-order valence-electron chi connectivity index (χ2n) is 4.13. The number of nitriles is 1. The Morgan fingerprint density at radius 1 is 1.45 bits per heavy atom. The van der Waals surface area contributed by atoms with Crippen molar-refractivity contribution in [1.82, 2.24) is 5.32 Å². The van der Waals surface area contributed by atoms with E-state index in [1.54, 1.807) is 0 Å². The third-order valence-electron chi connectivity index (χ3n) is 2.60. The number of nitrogens with one attached hydrogen (secondary N) is 1. The molecule has 0 saturated heterocycles. The van der Waals surface area contributed by atoms with E-state index in [0.717, 1.165) is 12.8 Å². The van der Waals surface area contributed by atoms with E-state index in [0.29, 0.717) is 12.1 Å². The number of amides is 1. The van der Waals surface area contributed by atoms with Crippen LogP contribution in [-0.2, 0) is 4.79 Å². The first-order valence-corrected chi connectivity index (χ1v) is 6.23. The van der Waals surface area contributed by atoms with Crippen molar-refractivity contribution in [3.63, 3.8) is 0 Å². The summed E-state index contributed by atoms with van der Waals surface area (Å²) in [6.07, 6.45) is 3.21. The van der Waals surface area contributed by atoms with Crippen molar-refractivity contribution in [2.24, 2.45) is 0 Å².